The van der Waals surface area contributed by atoms with Crippen molar-refractivity contribution in [2.45, 2.75) is 70.8 Å². The third kappa shape index (κ3) is 9.85. The highest BCUT2D eigenvalue weighted by molar-refractivity contribution is 6.23. The Hall–Kier alpha value is -3.22. The molecule has 13 nitrogen and oxygen atoms in total. The zero-order valence-corrected chi connectivity index (χ0v) is 19.3. The van der Waals surface area contributed by atoms with Crippen molar-refractivity contribution < 1.29 is 38.9 Å². The van der Waals surface area contributed by atoms with Crippen molar-refractivity contribution in [2.75, 3.05) is 20.8 Å². The van der Waals surface area contributed by atoms with Crippen LogP contribution in [0.1, 0.15) is 64.7 Å². The van der Waals surface area contributed by atoms with E-state index < -0.39 is 22.9 Å². The van der Waals surface area contributed by atoms with Gasteiger partial charge in [-0.3, -0.25) is 9.59 Å². The highest BCUT2D eigenvalue weighted by atomic mass is 17.0. The summed E-state index contributed by atoms with van der Waals surface area (Å²) in [6.45, 7) is 1.14. The number of allylic oxidation sites excluding steroid dienone is 2. The number of nitrogens with zero attached hydrogens (tertiary/aromatic N) is 2. The second-order valence-corrected chi connectivity index (χ2v) is 7.31. The van der Waals surface area contributed by atoms with Crippen molar-refractivity contribution in [1.29, 1.82) is 0 Å². The molecule has 13 heteroatoms. The van der Waals surface area contributed by atoms with E-state index in [4.69, 9.17) is 9.47 Å². The second-order valence-electron chi connectivity index (χ2n) is 7.31. The predicted molar refractivity (Wildman–Crippen MR) is 115 cm³/mol. The first-order chi connectivity index (χ1) is 15.2. The molecule has 1 rings (SSSR count). The van der Waals surface area contributed by atoms with Crippen molar-refractivity contribution >= 4 is 11.6 Å². The molecular formula is C20H33N3O10. The van der Waals surface area contributed by atoms with E-state index in [9.17, 15) is 29.8 Å². The Labute approximate surface area is 191 Å². The van der Waals surface area contributed by atoms with Gasteiger partial charge >= 0.3 is 0 Å². The summed E-state index contributed by atoms with van der Waals surface area (Å²) in [5.74, 6) is -0.758. The van der Waals surface area contributed by atoms with Crippen LogP contribution in [-0.2, 0) is 28.7 Å². The van der Waals surface area contributed by atoms with Crippen LogP contribution in [0.3, 0.4) is 0 Å². The molecule has 0 saturated heterocycles. The van der Waals surface area contributed by atoms with Gasteiger partial charge in [-0.1, -0.05) is 38.5 Å². The van der Waals surface area contributed by atoms with Gasteiger partial charge in [-0.25, -0.2) is 0 Å². The first-order valence-electron chi connectivity index (χ1n) is 10.4. The number of ketones is 2. The maximum Gasteiger partial charge on any atom is 0.294 e. The summed E-state index contributed by atoms with van der Waals surface area (Å²) in [5, 5.41) is 18.7. The SMILES string of the molecule is COC1=C(OC)C(=O)C(CCCCCCCCCC(CO[N+](=O)[O-])O[N+](=O)[O-])=C(C)C1=O.N. The van der Waals surface area contributed by atoms with Gasteiger partial charge in [0.25, 0.3) is 10.2 Å². The van der Waals surface area contributed by atoms with Gasteiger partial charge in [0.1, 0.15) is 12.7 Å². The van der Waals surface area contributed by atoms with E-state index in [1.165, 1.54) is 14.2 Å². The molecule has 33 heavy (non-hydrogen) atoms. The minimum atomic E-state index is -1.01. The van der Waals surface area contributed by atoms with Crippen molar-refractivity contribution in [3.63, 3.8) is 0 Å². The number of hydrogen-bond donors (Lipinski definition) is 1. The Balaban J connectivity index is 0.0000102. The van der Waals surface area contributed by atoms with Gasteiger partial charge in [-0.2, -0.15) is 0 Å². The van der Waals surface area contributed by atoms with Crippen LogP contribution < -0.4 is 6.15 Å². The summed E-state index contributed by atoms with van der Waals surface area (Å²) in [6, 6.07) is 0. The fourth-order valence-electron chi connectivity index (χ4n) is 3.48. The molecule has 0 aliphatic heterocycles. The van der Waals surface area contributed by atoms with Crippen molar-refractivity contribution in [2.24, 2.45) is 0 Å². The fraction of sp³-hybridized carbons (Fsp3) is 0.700. The lowest BCUT2D eigenvalue weighted by Gasteiger charge is -2.20. The van der Waals surface area contributed by atoms with Crippen molar-refractivity contribution in [3.8, 4) is 0 Å². The van der Waals surface area contributed by atoms with Crippen molar-refractivity contribution in [3.05, 3.63) is 42.9 Å². The number of rotatable bonds is 17. The first-order valence-corrected chi connectivity index (χ1v) is 10.4. The van der Waals surface area contributed by atoms with E-state index in [-0.39, 0.29) is 35.7 Å². The van der Waals surface area contributed by atoms with E-state index in [0.717, 1.165) is 38.5 Å². The molecular weight excluding hydrogens is 442 g/mol. The van der Waals surface area contributed by atoms with Gasteiger partial charge in [0.05, 0.1) is 14.2 Å². The van der Waals surface area contributed by atoms with Gasteiger partial charge in [0, 0.05) is 11.1 Å². The number of hydrogen-bond acceptors (Lipinski definition) is 11. The molecule has 0 amide bonds. The summed E-state index contributed by atoms with van der Waals surface area (Å²) in [5.41, 5.74) is 0.849. The number of methoxy groups -OCH3 is 2. The summed E-state index contributed by atoms with van der Waals surface area (Å²) >= 11 is 0. The van der Waals surface area contributed by atoms with Crippen LogP contribution in [0.5, 0.6) is 0 Å². The molecule has 3 N–H and O–H groups in total. The van der Waals surface area contributed by atoms with Gasteiger partial charge in [0.2, 0.25) is 23.1 Å². The first kappa shape index (κ1) is 29.8. The van der Waals surface area contributed by atoms with Crippen LogP contribution in [0.4, 0.5) is 0 Å². The molecule has 0 fully saturated rings. The fourth-order valence-corrected chi connectivity index (χ4v) is 3.48. The lowest BCUT2D eigenvalue weighted by atomic mass is 9.89. The molecule has 1 aliphatic rings. The second kappa shape index (κ2) is 15.6. The van der Waals surface area contributed by atoms with Crippen LogP contribution in [-0.4, -0.2) is 48.7 Å². The Kier molecular flexibility index (Phi) is 14.0. The van der Waals surface area contributed by atoms with E-state index in [2.05, 4.69) is 9.68 Å². The molecule has 0 heterocycles. The Bertz CT molecular complexity index is 763. The Morgan fingerprint density at radius 1 is 0.818 bits per heavy atom. The van der Waals surface area contributed by atoms with Crippen molar-refractivity contribution in [1.82, 2.24) is 6.15 Å². The zero-order valence-electron chi connectivity index (χ0n) is 19.3. The average Bonchev–Trinajstić information content (AvgIpc) is 2.74. The van der Waals surface area contributed by atoms with Crippen LogP contribution in [0, 0.1) is 20.2 Å². The maximum atomic E-state index is 12.6. The average molecular weight is 475 g/mol. The molecule has 188 valence electrons. The molecule has 1 aliphatic carbocycles. The molecule has 0 bridgehead atoms. The summed E-state index contributed by atoms with van der Waals surface area (Å²) < 4.78 is 10.1. The number of ether oxygens (including phenoxy) is 2. The summed E-state index contributed by atoms with van der Waals surface area (Å²) in [4.78, 5) is 54.1. The van der Waals surface area contributed by atoms with Crippen LogP contribution in [0.2, 0.25) is 0 Å². The smallest absolute Gasteiger partial charge is 0.294 e. The maximum absolute atomic E-state index is 12.6. The normalized spacial score (nSPS) is 14.5. The van der Waals surface area contributed by atoms with Crippen LogP contribution in [0.15, 0.2) is 22.7 Å². The summed E-state index contributed by atoms with van der Waals surface area (Å²) in [7, 11) is 2.66. The third-order valence-electron chi connectivity index (χ3n) is 5.15. The zero-order chi connectivity index (χ0) is 24.1. The number of unbranched alkanes of at least 4 members (excludes halogenated alkanes) is 6. The van der Waals surface area contributed by atoms with E-state index in [0.29, 0.717) is 24.0 Å². The quantitative estimate of drug-likeness (QED) is 0.140. The monoisotopic (exact) mass is 475 g/mol. The minimum absolute atomic E-state index is 0. The third-order valence-corrected chi connectivity index (χ3v) is 5.15. The van der Waals surface area contributed by atoms with E-state index >= 15 is 0 Å². The van der Waals surface area contributed by atoms with E-state index in [1.54, 1.807) is 6.92 Å². The van der Waals surface area contributed by atoms with Gasteiger partial charge in [-0.05, 0) is 26.2 Å². The molecule has 0 aromatic carbocycles. The Morgan fingerprint density at radius 3 is 1.85 bits per heavy atom. The Morgan fingerprint density at radius 2 is 1.33 bits per heavy atom. The molecule has 0 aromatic heterocycles. The summed E-state index contributed by atoms with van der Waals surface area (Å²) in [6.07, 6.45) is 5.63. The minimum Gasteiger partial charge on any atom is -0.489 e. The standard InChI is InChI=1S/C20H30N2O10.H3N/c1-14-16(18(24)20(30-3)19(29-2)17(14)23)12-10-8-6-4-5-7-9-11-15(32-22(27)28)13-31-21(25)26;/h15H,4-13H2,1-3H3;1H3. The molecule has 1 unspecified atom stereocenters. The number of carbonyl (C=O) groups excluding carboxylic acids is 2. The number of carbonyl (C=O) groups is 2. The molecule has 0 radical (unpaired) electrons. The van der Waals surface area contributed by atoms with Crippen LogP contribution in [0.25, 0.3) is 0 Å². The lowest BCUT2D eigenvalue weighted by Crippen LogP contribution is -2.25. The molecule has 0 saturated carbocycles. The van der Waals surface area contributed by atoms with E-state index in [1.807, 2.05) is 0 Å². The molecule has 1 atom stereocenters. The largest absolute Gasteiger partial charge is 0.489 e. The van der Waals surface area contributed by atoms with Gasteiger partial charge in [0.15, 0.2) is 0 Å². The van der Waals surface area contributed by atoms with Gasteiger partial charge in [-0.15, -0.1) is 20.2 Å². The number of Topliss-reactive ketones (excluding diaryl/α,β-unsaturated/α-hetero) is 2. The highest BCUT2D eigenvalue weighted by Gasteiger charge is 2.34. The molecule has 0 spiro atoms. The van der Waals surface area contributed by atoms with Gasteiger partial charge < -0.3 is 25.3 Å². The molecule has 0 aromatic rings. The lowest BCUT2D eigenvalue weighted by molar-refractivity contribution is -0.790. The highest BCUT2D eigenvalue weighted by Crippen LogP contribution is 2.28. The topological polar surface area (TPSA) is 192 Å². The van der Waals surface area contributed by atoms with Crippen LogP contribution >= 0.6 is 0 Å². The predicted octanol–water partition coefficient (Wildman–Crippen LogP) is 3.42.